The second-order valence-corrected chi connectivity index (χ2v) is 8.30. The quantitative estimate of drug-likeness (QED) is 0.719. The summed E-state index contributed by atoms with van der Waals surface area (Å²) < 4.78 is 0. The van der Waals surface area contributed by atoms with E-state index in [-0.39, 0.29) is 17.9 Å². The van der Waals surface area contributed by atoms with E-state index in [0.717, 1.165) is 17.7 Å². The first-order valence-corrected chi connectivity index (χ1v) is 10.4. The van der Waals surface area contributed by atoms with Crippen molar-refractivity contribution < 1.29 is 9.59 Å². The van der Waals surface area contributed by atoms with Crippen LogP contribution in [0, 0.1) is 0 Å². The molecule has 2 amide bonds. The Morgan fingerprint density at radius 1 is 1.28 bits per heavy atom. The Kier molecular flexibility index (Phi) is 6.39. The molecule has 1 aromatic carbocycles. The van der Waals surface area contributed by atoms with Gasteiger partial charge in [-0.05, 0) is 48.1 Å². The highest BCUT2D eigenvalue weighted by atomic mass is 35.5. The molecule has 0 bridgehead atoms. The van der Waals surface area contributed by atoms with Crippen molar-refractivity contribution in [1.82, 2.24) is 10.6 Å². The first kappa shape index (κ1) is 18.3. The van der Waals surface area contributed by atoms with Gasteiger partial charge in [0.1, 0.15) is 0 Å². The highest BCUT2D eigenvalue weighted by molar-refractivity contribution is 7.99. The molecular weight excluding hydrogens is 376 g/mol. The van der Waals surface area contributed by atoms with Gasteiger partial charge in [0.2, 0.25) is 5.91 Å². The molecule has 0 saturated carbocycles. The Balaban J connectivity index is 1.44. The summed E-state index contributed by atoms with van der Waals surface area (Å²) in [5.41, 5.74) is 1.10. The molecule has 2 aromatic rings. The number of hydrogen-bond donors (Lipinski definition) is 2. The molecule has 0 fully saturated rings. The van der Waals surface area contributed by atoms with E-state index in [4.69, 9.17) is 11.6 Å². The topological polar surface area (TPSA) is 58.2 Å². The van der Waals surface area contributed by atoms with Crippen LogP contribution in [0.2, 0.25) is 5.02 Å². The molecule has 1 aliphatic rings. The minimum absolute atomic E-state index is 0.00759. The molecule has 1 unspecified atom stereocenters. The van der Waals surface area contributed by atoms with Crippen LogP contribution in [0.4, 0.5) is 0 Å². The number of hydrogen-bond acceptors (Lipinski definition) is 4. The SMILES string of the molecule is O=C(CCCNC(=O)c1cccs1)NC1CCSc2ccc(Cl)cc21. The van der Waals surface area contributed by atoms with E-state index in [1.54, 1.807) is 17.8 Å². The average molecular weight is 395 g/mol. The predicted octanol–water partition coefficient (Wildman–Crippen LogP) is 4.26. The maximum absolute atomic E-state index is 12.2. The number of thiophene rings is 1. The van der Waals surface area contributed by atoms with Crippen molar-refractivity contribution in [2.24, 2.45) is 0 Å². The normalized spacial score (nSPS) is 16.1. The molecule has 1 aliphatic heterocycles. The van der Waals surface area contributed by atoms with Crippen LogP contribution in [0.15, 0.2) is 40.6 Å². The molecular formula is C18H19ClN2O2S2. The van der Waals surface area contributed by atoms with E-state index in [1.807, 2.05) is 29.6 Å². The van der Waals surface area contributed by atoms with E-state index >= 15 is 0 Å². The third kappa shape index (κ3) is 5.00. The van der Waals surface area contributed by atoms with Crippen LogP contribution in [-0.4, -0.2) is 24.1 Å². The monoisotopic (exact) mass is 394 g/mol. The summed E-state index contributed by atoms with van der Waals surface area (Å²) in [4.78, 5) is 25.9. The lowest BCUT2D eigenvalue weighted by Gasteiger charge is -2.26. The predicted molar refractivity (Wildman–Crippen MR) is 104 cm³/mol. The van der Waals surface area contributed by atoms with Gasteiger partial charge in [0.25, 0.3) is 5.91 Å². The van der Waals surface area contributed by atoms with Crippen molar-refractivity contribution in [3.8, 4) is 0 Å². The van der Waals surface area contributed by atoms with Gasteiger partial charge in [-0.25, -0.2) is 0 Å². The summed E-state index contributed by atoms with van der Waals surface area (Å²) in [7, 11) is 0. The van der Waals surface area contributed by atoms with E-state index in [0.29, 0.717) is 29.3 Å². The van der Waals surface area contributed by atoms with Crippen LogP contribution in [0.25, 0.3) is 0 Å². The maximum Gasteiger partial charge on any atom is 0.261 e. The summed E-state index contributed by atoms with van der Waals surface area (Å²) >= 11 is 9.30. The van der Waals surface area contributed by atoms with Gasteiger partial charge in [-0.2, -0.15) is 0 Å². The molecule has 4 nitrogen and oxygen atoms in total. The maximum atomic E-state index is 12.2. The number of fused-ring (bicyclic) bond motifs is 1. The number of carbonyl (C=O) groups excluding carboxylic acids is 2. The van der Waals surface area contributed by atoms with Gasteiger partial charge < -0.3 is 10.6 Å². The van der Waals surface area contributed by atoms with Crippen molar-refractivity contribution in [2.45, 2.75) is 30.2 Å². The largest absolute Gasteiger partial charge is 0.351 e. The molecule has 132 valence electrons. The fourth-order valence-corrected chi connectivity index (χ4v) is 4.65. The molecule has 1 aromatic heterocycles. The Labute approximate surface area is 160 Å². The van der Waals surface area contributed by atoms with Crippen molar-refractivity contribution in [3.05, 3.63) is 51.2 Å². The smallest absolute Gasteiger partial charge is 0.261 e. The first-order chi connectivity index (χ1) is 12.1. The lowest BCUT2D eigenvalue weighted by Crippen LogP contribution is -2.31. The fourth-order valence-electron chi connectivity index (χ4n) is 2.73. The lowest BCUT2D eigenvalue weighted by molar-refractivity contribution is -0.122. The van der Waals surface area contributed by atoms with E-state index in [9.17, 15) is 9.59 Å². The number of amides is 2. The van der Waals surface area contributed by atoms with Crippen LogP contribution in [0.5, 0.6) is 0 Å². The Morgan fingerprint density at radius 3 is 2.96 bits per heavy atom. The van der Waals surface area contributed by atoms with Crippen molar-refractivity contribution >= 4 is 46.5 Å². The van der Waals surface area contributed by atoms with Crippen LogP contribution in [-0.2, 0) is 4.79 Å². The van der Waals surface area contributed by atoms with E-state index in [2.05, 4.69) is 10.6 Å². The van der Waals surface area contributed by atoms with Crippen LogP contribution in [0.1, 0.15) is 40.5 Å². The standard InChI is InChI=1S/C18H19ClN2O2S2/c19-12-5-6-15-13(11-12)14(7-10-25-15)21-17(22)4-1-8-20-18(23)16-3-2-9-24-16/h2-3,5-6,9,11,14H,1,4,7-8,10H2,(H,20,23)(H,21,22). The zero-order chi connectivity index (χ0) is 17.6. The summed E-state index contributed by atoms with van der Waals surface area (Å²) in [5, 5.41) is 8.50. The minimum atomic E-state index is -0.0803. The van der Waals surface area contributed by atoms with Crippen molar-refractivity contribution in [3.63, 3.8) is 0 Å². The lowest BCUT2D eigenvalue weighted by atomic mass is 10.0. The highest BCUT2D eigenvalue weighted by Crippen LogP contribution is 2.37. The van der Waals surface area contributed by atoms with Crippen LogP contribution >= 0.6 is 34.7 Å². The van der Waals surface area contributed by atoms with Gasteiger partial charge in [-0.15, -0.1) is 23.1 Å². The molecule has 7 heteroatoms. The number of benzene rings is 1. The third-order valence-corrected chi connectivity index (χ3v) is 6.18. The molecule has 25 heavy (non-hydrogen) atoms. The van der Waals surface area contributed by atoms with Gasteiger partial charge in [-0.1, -0.05) is 17.7 Å². The second-order valence-electron chi connectivity index (χ2n) is 5.78. The Morgan fingerprint density at radius 2 is 2.16 bits per heavy atom. The Hall–Kier alpha value is -1.50. The summed E-state index contributed by atoms with van der Waals surface area (Å²) in [5.74, 6) is 0.910. The number of nitrogens with one attached hydrogen (secondary N) is 2. The molecule has 1 atom stereocenters. The second kappa shape index (κ2) is 8.74. The summed E-state index contributed by atoms with van der Waals surface area (Å²) in [6, 6.07) is 9.49. The minimum Gasteiger partial charge on any atom is -0.351 e. The molecule has 0 radical (unpaired) electrons. The molecule has 2 N–H and O–H groups in total. The number of thioether (sulfide) groups is 1. The van der Waals surface area contributed by atoms with Crippen LogP contribution < -0.4 is 10.6 Å². The fraction of sp³-hybridized carbons (Fsp3) is 0.333. The van der Waals surface area contributed by atoms with Gasteiger partial charge in [0, 0.05) is 28.6 Å². The zero-order valence-electron chi connectivity index (χ0n) is 13.6. The van der Waals surface area contributed by atoms with E-state index in [1.165, 1.54) is 16.2 Å². The zero-order valence-corrected chi connectivity index (χ0v) is 16.0. The highest BCUT2D eigenvalue weighted by Gasteiger charge is 2.22. The summed E-state index contributed by atoms with van der Waals surface area (Å²) in [6.07, 6.45) is 1.91. The number of rotatable bonds is 6. The molecule has 0 spiro atoms. The third-order valence-electron chi connectivity index (χ3n) is 3.96. The van der Waals surface area contributed by atoms with Crippen LogP contribution in [0.3, 0.4) is 0 Å². The number of halogens is 1. The van der Waals surface area contributed by atoms with Gasteiger partial charge >= 0.3 is 0 Å². The molecule has 2 heterocycles. The van der Waals surface area contributed by atoms with E-state index < -0.39 is 0 Å². The van der Waals surface area contributed by atoms with Gasteiger partial charge in [-0.3, -0.25) is 9.59 Å². The number of carbonyl (C=O) groups is 2. The summed E-state index contributed by atoms with van der Waals surface area (Å²) in [6.45, 7) is 0.493. The van der Waals surface area contributed by atoms with Gasteiger partial charge in [0.05, 0.1) is 10.9 Å². The Bertz CT molecular complexity index is 750. The van der Waals surface area contributed by atoms with Crippen molar-refractivity contribution in [2.75, 3.05) is 12.3 Å². The average Bonchev–Trinajstić information content (AvgIpc) is 3.14. The molecule has 3 rings (SSSR count). The molecule has 0 aliphatic carbocycles. The van der Waals surface area contributed by atoms with Gasteiger partial charge in [0.15, 0.2) is 0 Å². The molecule has 0 saturated heterocycles. The first-order valence-electron chi connectivity index (χ1n) is 8.17. The van der Waals surface area contributed by atoms with Crippen molar-refractivity contribution in [1.29, 1.82) is 0 Å².